The Morgan fingerprint density at radius 2 is 2.26 bits per heavy atom. The molecular weight excluding hydrogens is 306 g/mol. The molecule has 4 nitrogen and oxygen atoms in total. The van der Waals surface area contributed by atoms with Gasteiger partial charge in [-0.05, 0) is 25.1 Å². The fourth-order valence-electron chi connectivity index (χ4n) is 1.74. The average molecular weight is 324 g/mol. The van der Waals surface area contributed by atoms with Gasteiger partial charge in [0, 0.05) is 35.9 Å². The maximum Gasteiger partial charge on any atom is 0.120 e. The Kier molecular flexibility index (Phi) is 4.99. The Morgan fingerprint density at radius 1 is 1.42 bits per heavy atom. The van der Waals surface area contributed by atoms with Crippen molar-refractivity contribution in [1.29, 1.82) is 0 Å². The number of benzene rings is 1. The number of hydrogen-bond donors (Lipinski definition) is 1. The molecule has 0 spiro atoms. The van der Waals surface area contributed by atoms with Crippen LogP contribution in [0.25, 0.3) is 0 Å². The van der Waals surface area contributed by atoms with E-state index in [2.05, 4.69) is 33.3 Å². The second-order valence-electron chi connectivity index (χ2n) is 4.36. The minimum absolute atomic E-state index is 0.649. The molecule has 1 aromatic carbocycles. The van der Waals surface area contributed by atoms with Crippen LogP contribution in [0.3, 0.4) is 0 Å². The molecule has 0 fully saturated rings. The lowest BCUT2D eigenvalue weighted by Gasteiger charge is -2.07. The van der Waals surface area contributed by atoms with Gasteiger partial charge in [0.2, 0.25) is 0 Å². The molecule has 0 bridgehead atoms. The number of rotatable bonds is 6. The highest BCUT2D eigenvalue weighted by atomic mass is 79.9. The first-order chi connectivity index (χ1) is 9.16. The van der Waals surface area contributed by atoms with E-state index in [1.165, 1.54) is 11.3 Å². The molecule has 0 atom stereocenters. The van der Waals surface area contributed by atoms with Crippen molar-refractivity contribution in [2.24, 2.45) is 7.05 Å². The van der Waals surface area contributed by atoms with E-state index in [1.54, 1.807) is 0 Å². The molecule has 0 aliphatic heterocycles. The molecule has 0 amide bonds. The Hall–Kier alpha value is -1.33. The monoisotopic (exact) mass is 323 g/mol. The molecule has 1 heterocycles. The summed E-state index contributed by atoms with van der Waals surface area (Å²) in [7, 11) is 1.95. The number of aromatic nitrogens is 2. The molecule has 0 radical (unpaired) electrons. The molecule has 0 unspecified atom stereocenters. The van der Waals surface area contributed by atoms with Crippen LogP contribution in [0.2, 0.25) is 0 Å². The number of ether oxygens (including phenoxy) is 1. The summed E-state index contributed by atoms with van der Waals surface area (Å²) in [6.45, 7) is 4.35. The van der Waals surface area contributed by atoms with Gasteiger partial charge in [-0.15, -0.1) is 0 Å². The molecule has 5 heteroatoms. The molecule has 19 heavy (non-hydrogen) atoms. The zero-order valence-electron chi connectivity index (χ0n) is 11.2. The smallest absolute Gasteiger partial charge is 0.120 e. The molecule has 2 rings (SSSR count). The van der Waals surface area contributed by atoms with E-state index in [1.807, 2.05) is 42.2 Å². The number of hydrogen-bond acceptors (Lipinski definition) is 3. The maximum atomic E-state index is 5.65. The van der Waals surface area contributed by atoms with Crippen LogP contribution >= 0.6 is 15.9 Å². The first kappa shape index (κ1) is 14.1. The molecule has 0 saturated heterocycles. The SMILES string of the molecule is Cc1c(CNCCOc2cccc(Br)c2)cnn1C. The van der Waals surface area contributed by atoms with Crippen LogP contribution in [0, 0.1) is 6.92 Å². The largest absolute Gasteiger partial charge is 0.492 e. The second kappa shape index (κ2) is 6.73. The Bertz CT molecular complexity index is 539. The van der Waals surface area contributed by atoms with Gasteiger partial charge in [0.1, 0.15) is 12.4 Å². The van der Waals surface area contributed by atoms with Gasteiger partial charge in [0.05, 0.1) is 6.20 Å². The number of halogens is 1. The van der Waals surface area contributed by atoms with Crippen LogP contribution in [0.4, 0.5) is 0 Å². The fraction of sp³-hybridized carbons (Fsp3) is 0.357. The van der Waals surface area contributed by atoms with Crippen molar-refractivity contribution < 1.29 is 4.74 Å². The molecule has 2 aromatic rings. The highest BCUT2D eigenvalue weighted by Gasteiger charge is 2.02. The van der Waals surface area contributed by atoms with Crippen molar-refractivity contribution in [2.75, 3.05) is 13.2 Å². The topological polar surface area (TPSA) is 39.1 Å². The van der Waals surface area contributed by atoms with Crippen LogP contribution in [-0.2, 0) is 13.6 Å². The highest BCUT2D eigenvalue weighted by molar-refractivity contribution is 9.10. The summed E-state index contributed by atoms with van der Waals surface area (Å²) in [6.07, 6.45) is 1.90. The fourth-order valence-corrected chi connectivity index (χ4v) is 2.12. The molecule has 1 N–H and O–H groups in total. The Balaban J connectivity index is 1.69. The van der Waals surface area contributed by atoms with E-state index < -0.39 is 0 Å². The van der Waals surface area contributed by atoms with Gasteiger partial charge >= 0.3 is 0 Å². The minimum atomic E-state index is 0.649. The van der Waals surface area contributed by atoms with Crippen LogP contribution in [0.5, 0.6) is 5.75 Å². The van der Waals surface area contributed by atoms with Crippen molar-refractivity contribution in [3.8, 4) is 5.75 Å². The van der Waals surface area contributed by atoms with E-state index in [0.29, 0.717) is 6.61 Å². The maximum absolute atomic E-state index is 5.65. The predicted molar refractivity (Wildman–Crippen MR) is 79.3 cm³/mol. The molecule has 102 valence electrons. The molecule has 0 saturated carbocycles. The summed E-state index contributed by atoms with van der Waals surface area (Å²) in [4.78, 5) is 0. The third kappa shape index (κ3) is 4.08. The van der Waals surface area contributed by atoms with Crippen molar-refractivity contribution in [1.82, 2.24) is 15.1 Å². The van der Waals surface area contributed by atoms with Crippen molar-refractivity contribution in [2.45, 2.75) is 13.5 Å². The Labute approximate surface area is 121 Å². The quantitative estimate of drug-likeness (QED) is 0.831. The van der Waals surface area contributed by atoms with Gasteiger partial charge in [-0.25, -0.2) is 0 Å². The Morgan fingerprint density at radius 3 is 2.95 bits per heavy atom. The minimum Gasteiger partial charge on any atom is -0.492 e. The summed E-state index contributed by atoms with van der Waals surface area (Å²) >= 11 is 3.42. The number of nitrogens with one attached hydrogen (secondary N) is 1. The third-order valence-electron chi connectivity index (χ3n) is 3.00. The van der Waals surface area contributed by atoms with E-state index >= 15 is 0 Å². The van der Waals surface area contributed by atoms with Crippen LogP contribution in [-0.4, -0.2) is 22.9 Å². The van der Waals surface area contributed by atoms with Gasteiger partial charge in [0.25, 0.3) is 0 Å². The summed E-state index contributed by atoms with van der Waals surface area (Å²) in [5.74, 6) is 0.883. The highest BCUT2D eigenvalue weighted by Crippen LogP contribution is 2.17. The summed E-state index contributed by atoms with van der Waals surface area (Å²) in [5, 5.41) is 7.56. The molecule has 1 aromatic heterocycles. The average Bonchev–Trinajstić information content (AvgIpc) is 2.70. The van der Waals surface area contributed by atoms with Crippen molar-refractivity contribution >= 4 is 15.9 Å². The lowest BCUT2D eigenvalue weighted by atomic mass is 10.2. The summed E-state index contributed by atoms with van der Waals surface area (Å²) in [5.41, 5.74) is 2.42. The second-order valence-corrected chi connectivity index (χ2v) is 5.28. The number of nitrogens with zero attached hydrogens (tertiary/aromatic N) is 2. The van der Waals surface area contributed by atoms with E-state index in [-0.39, 0.29) is 0 Å². The summed E-state index contributed by atoms with van der Waals surface area (Å²) < 4.78 is 8.56. The molecule has 0 aliphatic rings. The van der Waals surface area contributed by atoms with Crippen molar-refractivity contribution in [3.05, 3.63) is 46.2 Å². The van der Waals surface area contributed by atoms with E-state index in [4.69, 9.17) is 4.74 Å². The van der Waals surface area contributed by atoms with Crippen LogP contribution in [0.15, 0.2) is 34.9 Å². The molecule has 0 aliphatic carbocycles. The predicted octanol–water partition coefficient (Wildman–Crippen LogP) is 2.66. The lowest BCUT2D eigenvalue weighted by Crippen LogP contribution is -2.20. The van der Waals surface area contributed by atoms with E-state index in [0.717, 1.165) is 23.3 Å². The lowest BCUT2D eigenvalue weighted by molar-refractivity contribution is 0.313. The van der Waals surface area contributed by atoms with Crippen molar-refractivity contribution in [3.63, 3.8) is 0 Å². The third-order valence-corrected chi connectivity index (χ3v) is 3.49. The van der Waals surface area contributed by atoms with E-state index in [9.17, 15) is 0 Å². The van der Waals surface area contributed by atoms with Crippen LogP contribution in [0.1, 0.15) is 11.3 Å². The van der Waals surface area contributed by atoms with Gasteiger partial charge in [-0.2, -0.15) is 5.10 Å². The molecular formula is C14H18BrN3O. The standard InChI is InChI=1S/C14H18BrN3O/c1-11-12(10-17-18(11)2)9-16-6-7-19-14-5-3-4-13(15)8-14/h3-5,8,10,16H,6-7,9H2,1-2H3. The van der Waals surface area contributed by atoms with Gasteiger partial charge in [0.15, 0.2) is 0 Å². The van der Waals surface area contributed by atoms with Gasteiger partial charge in [-0.3, -0.25) is 4.68 Å². The number of aryl methyl sites for hydroxylation is 1. The first-order valence-corrected chi connectivity index (χ1v) is 7.02. The van der Waals surface area contributed by atoms with Crippen LogP contribution < -0.4 is 10.1 Å². The normalized spacial score (nSPS) is 10.7. The summed E-state index contributed by atoms with van der Waals surface area (Å²) in [6, 6.07) is 7.86. The van der Waals surface area contributed by atoms with Gasteiger partial charge in [-0.1, -0.05) is 22.0 Å². The van der Waals surface area contributed by atoms with Gasteiger partial charge < -0.3 is 10.1 Å². The zero-order chi connectivity index (χ0) is 13.7. The first-order valence-electron chi connectivity index (χ1n) is 6.23. The zero-order valence-corrected chi connectivity index (χ0v) is 12.8.